The summed E-state index contributed by atoms with van der Waals surface area (Å²) in [4.78, 5) is 12.3. The van der Waals surface area contributed by atoms with Gasteiger partial charge in [0.05, 0.1) is 11.5 Å². The molecule has 0 aliphatic carbocycles. The van der Waals surface area contributed by atoms with E-state index >= 15 is 0 Å². The molecule has 2 N–H and O–H groups in total. The van der Waals surface area contributed by atoms with Gasteiger partial charge in [-0.15, -0.1) is 0 Å². The van der Waals surface area contributed by atoms with E-state index in [4.69, 9.17) is 26.5 Å². The van der Waals surface area contributed by atoms with E-state index in [2.05, 4.69) is 0 Å². The second-order valence-corrected chi connectivity index (χ2v) is 5.34. The van der Waals surface area contributed by atoms with Crippen molar-refractivity contribution < 1.29 is 9.15 Å². The van der Waals surface area contributed by atoms with Gasteiger partial charge in [0.2, 0.25) is 5.88 Å². The molecular weight excluding hydrogens is 304 g/mol. The van der Waals surface area contributed by atoms with Crippen LogP contribution >= 0.6 is 11.6 Å². The van der Waals surface area contributed by atoms with Crippen molar-refractivity contribution in [1.29, 1.82) is 5.26 Å². The Balaban J connectivity index is 2.32. The summed E-state index contributed by atoms with van der Waals surface area (Å²) in [6.45, 7) is 1.64. The zero-order valence-corrected chi connectivity index (χ0v) is 12.3. The Hall–Kier alpha value is -2.71. The van der Waals surface area contributed by atoms with Crippen molar-refractivity contribution in [1.82, 2.24) is 0 Å². The summed E-state index contributed by atoms with van der Waals surface area (Å²) in [5.74, 6) is 0.0197. The maximum absolute atomic E-state index is 12.3. The third-order valence-electron chi connectivity index (χ3n) is 3.44. The molecule has 0 bridgehead atoms. The Labute approximate surface area is 131 Å². The first-order valence-corrected chi connectivity index (χ1v) is 6.86. The molecule has 2 heterocycles. The Morgan fingerprint density at radius 2 is 2.14 bits per heavy atom. The first-order chi connectivity index (χ1) is 10.5. The number of aryl methyl sites for hydroxylation is 1. The Morgan fingerprint density at radius 3 is 2.82 bits per heavy atom. The molecule has 1 aliphatic rings. The van der Waals surface area contributed by atoms with Crippen molar-refractivity contribution in [2.24, 2.45) is 5.73 Å². The lowest BCUT2D eigenvalue weighted by molar-refractivity contribution is 0.371. The van der Waals surface area contributed by atoms with Crippen LogP contribution in [0.5, 0.6) is 5.75 Å². The molecule has 6 heteroatoms. The van der Waals surface area contributed by atoms with Gasteiger partial charge in [-0.1, -0.05) is 23.7 Å². The number of hydrogen-bond acceptors (Lipinski definition) is 5. The second kappa shape index (κ2) is 5.24. The highest BCUT2D eigenvalue weighted by Gasteiger charge is 2.34. The van der Waals surface area contributed by atoms with Crippen LogP contribution in [0.25, 0.3) is 0 Å². The fraction of sp³-hybridized carbons (Fsp3) is 0.125. The van der Waals surface area contributed by atoms with Crippen LogP contribution in [0, 0.1) is 18.3 Å². The van der Waals surface area contributed by atoms with Gasteiger partial charge in [0.25, 0.3) is 0 Å². The molecule has 0 saturated carbocycles. The minimum atomic E-state index is -0.663. The molecule has 1 atom stereocenters. The predicted octanol–water partition coefficient (Wildman–Crippen LogP) is 2.82. The van der Waals surface area contributed by atoms with Crippen molar-refractivity contribution >= 4 is 11.6 Å². The van der Waals surface area contributed by atoms with Gasteiger partial charge in [-0.3, -0.25) is 0 Å². The van der Waals surface area contributed by atoms with Crippen LogP contribution < -0.4 is 16.1 Å². The molecular formula is C16H11ClN2O3. The molecule has 3 rings (SSSR count). The zero-order valence-electron chi connectivity index (χ0n) is 11.6. The summed E-state index contributed by atoms with van der Waals surface area (Å²) in [5.41, 5.74) is 6.36. The van der Waals surface area contributed by atoms with Crippen molar-refractivity contribution in [3.05, 3.63) is 74.1 Å². The lowest BCUT2D eigenvalue weighted by Gasteiger charge is -2.25. The van der Waals surface area contributed by atoms with Crippen molar-refractivity contribution in [3.8, 4) is 11.8 Å². The fourth-order valence-corrected chi connectivity index (χ4v) is 2.74. The lowest BCUT2D eigenvalue weighted by atomic mass is 9.84. The molecule has 22 heavy (non-hydrogen) atoms. The summed E-state index contributed by atoms with van der Waals surface area (Å²) >= 11 is 6.02. The summed E-state index contributed by atoms with van der Waals surface area (Å²) in [5, 5.41) is 9.90. The van der Waals surface area contributed by atoms with E-state index in [1.807, 2.05) is 6.07 Å². The van der Waals surface area contributed by atoms with E-state index in [-0.39, 0.29) is 17.0 Å². The number of benzene rings is 1. The summed E-state index contributed by atoms with van der Waals surface area (Å²) < 4.78 is 10.6. The molecule has 0 unspecified atom stereocenters. The third kappa shape index (κ3) is 2.24. The van der Waals surface area contributed by atoms with Gasteiger partial charge >= 0.3 is 5.63 Å². The highest BCUT2D eigenvalue weighted by atomic mass is 35.5. The molecule has 0 radical (unpaired) electrons. The number of allylic oxidation sites excluding steroid dienone is 1. The van der Waals surface area contributed by atoms with Gasteiger partial charge < -0.3 is 14.9 Å². The monoisotopic (exact) mass is 314 g/mol. The molecule has 1 aliphatic heterocycles. The molecule has 110 valence electrons. The van der Waals surface area contributed by atoms with E-state index in [9.17, 15) is 10.1 Å². The lowest BCUT2D eigenvalue weighted by Crippen LogP contribution is -2.26. The van der Waals surface area contributed by atoms with E-state index in [0.717, 1.165) is 0 Å². The maximum atomic E-state index is 12.3. The number of nitrogens with two attached hydrogens (primary N) is 1. The van der Waals surface area contributed by atoms with Crippen LogP contribution in [-0.4, -0.2) is 0 Å². The summed E-state index contributed by atoms with van der Waals surface area (Å²) in [6, 6.07) is 10.5. The Kier molecular flexibility index (Phi) is 3.39. The molecule has 0 saturated heterocycles. The number of rotatable bonds is 1. The molecule has 0 amide bonds. The first kappa shape index (κ1) is 14.2. The van der Waals surface area contributed by atoms with E-state index in [1.54, 1.807) is 37.3 Å². The molecule has 1 aromatic carbocycles. The van der Waals surface area contributed by atoms with E-state index in [1.165, 1.54) is 0 Å². The average Bonchev–Trinajstić information content (AvgIpc) is 2.45. The van der Waals surface area contributed by atoms with Crippen LogP contribution in [0.3, 0.4) is 0 Å². The normalized spacial score (nSPS) is 16.7. The van der Waals surface area contributed by atoms with Gasteiger partial charge in [-0.05, 0) is 24.6 Å². The minimum absolute atomic E-state index is 0.0232. The minimum Gasteiger partial charge on any atom is -0.440 e. The smallest absolute Gasteiger partial charge is 0.343 e. The zero-order chi connectivity index (χ0) is 15.9. The van der Waals surface area contributed by atoms with Gasteiger partial charge in [0.1, 0.15) is 23.2 Å². The Bertz CT molecular complexity index is 893. The maximum Gasteiger partial charge on any atom is 0.343 e. The number of ether oxygens (including phenoxy) is 1. The highest BCUT2D eigenvalue weighted by Crippen LogP contribution is 2.40. The quantitative estimate of drug-likeness (QED) is 0.874. The predicted molar refractivity (Wildman–Crippen MR) is 80.5 cm³/mol. The van der Waals surface area contributed by atoms with E-state index in [0.29, 0.717) is 22.1 Å². The van der Waals surface area contributed by atoms with Crippen LogP contribution in [0.15, 0.2) is 51.0 Å². The number of fused-ring (bicyclic) bond motifs is 1. The number of nitriles is 1. The second-order valence-electron chi connectivity index (χ2n) is 4.90. The fourth-order valence-electron chi connectivity index (χ4n) is 2.54. The van der Waals surface area contributed by atoms with Crippen molar-refractivity contribution in [3.63, 3.8) is 0 Å². The number of hydrogen-bond donors (Lipinski definition) is 1. The van der Waals surface area contributed by atoms with E-state index < -0.39 is 11.5 Å². The number of halogens is 1. The van der Waals surface area contributed by atoms with Crippen LogP contribution in [0.4, 0.5) is 0 Å². The SMILES string of the molecule is Cc1cc2c(c(=O)o1)[C@H](c1cccc(Cl)c1)C(C#N)=C(N)O2. The molecule has 0 spiro atoms. The Morgan fingerprint density at radius 1 is 1.36 bits per heavy atom. The molecule has 0 fully saturated rings. The summed E-state index contributed by atoms with van der Waals surface area (Å²) in [7, 11) is 0. The molecule has 1 aromatic heterocycles. The molecule has 2 aromatic rings. The van der Waals surface area contributed by atoms with Gasteiger partial charge in [-0.25, -0.2) is 4.79 Å². The topological polar surface area (TPSA) is 89.2 Å². The van der Waals surface area contributed by atoms with Crippen molar-refractivity contribution in [2.75, 3.05) is 0 Å². The standard InChI is InChI=1S/C16H11ClN2O3/c1-8-5-12-14(16(20)21-8)13(11(7-18)15(19)22-12)9-3-2-4-10(17)6-9/h2-6,13H,19H2,1H3/t13-/m1/s1. The molecule has 5 nitrogen and oxygen atoms in total. The van der Waals surface area contributed by atoms with Crippen LogP contribution in [0.2, 0.25) is 5.02 Å². The van der Waals surface area contributed by atoms with Gasteiger partial charge in [0.15, 0.2) is 0 Å². The van der Waals surface area contributed by atoms with Gasteiger partial charge in [0, 0.05) is 11.1 Å². The average molecular weight is 315 g/mol. The van der Waals surface area contributed by atoms with Crippen LogP contribution in [-0.2, 0) is 0 Å². The van der Waals surface area contributed by atoms with Crippen LogP contribution in [0.1, 0.15) is 22.8 Å². The third-order valence-corrected chi connectivity index (χ3v) is 3.67. The number of nitrogens with zero attached hydrogens (tertiary/aromatic N) is 1. The summed E-state index contributed by atoms with van der Waals surface area (Å²) in [6.07, 6.45) is 0. The first-order valence-electron chi connectivity index (χ1n) is 6.49. The highest BCUT2D eigenvalue weighted by molar-refractivity contribution is 6.30. The van der Waals surface area contributed by atoms with Gasteiger partial charge in [-0.2, -0.15) is 5.26 Å². The largest absolute Gasteiger partial charge is 0.440 e. The van der Waals surface area contributed by atoms with Crippen molar-refractivity contribution in [2.45, 2.75) is 12.8 Å².